The fourth-order valence-corrected chi connectivity index (χ4v) is 2.32. The molecule has 5 heteroatoms. The van der Waals surface area contributed by atoms with Gasteiger partial charge in [-0.25, -0.2) is 18.4 Å². The first-order chi connectivity index (χ1) is 7.82. The lowest BCUT2D eigenvalue weighted by molar-refractivity contribution is 0.551. The van der Waals surface area contributed by atoms with Crippen LogP contribution in [0.5, 0.6) is 0 Å². The van der Waals surface area contributed by atoms with E-state index in [0.29, 0.717) is 5.52 Å². The molecule has 0 saturated carbocycles. The van der Waals surface area contributed by atoms with Crippen molar-refractivity contribution in [3.05, 3.63) is 30.5 Å². The van der Waals surface area contributed by atoms with Crippen LogP contribution in [0.25, 0.3) is 10.9 Å². The van der Waals surface area contributed by atoms with Gasteiger partial charge in [-0.15, -0.1) is 0 Å². The smallest absolute Gasteiger partial charge is 0.226 e. The van der Waals surface area contributed by atoms with Gasteiger partial charge < -0.3 is 0 Å². The van der Waals surface area contributed by atoms with E-state index in [4.69, 9.17) is 0 Å². The summed E-state index contributed by atoms with van der Waals surface area (Å²) in [5, 5.41) is 0.726. The number of para-hydroxylation sites is 1. The summed E-state index contributed by atoms with van der Waals surface area (Å²) in [5.74, 6) is 0. The van der Waals surface area contributed by atoms with E-state index in [9.17, 15) is 8.42 Å². The average Bonchev–Trinajstić information content (AvgIpc) is 2.27. The first-order valence-corrected chi connectivity index (χ1v) is 6.77. The van der Waals surface area contributed by atoms with Crippen LogP contribution in [0, 0.1) is 0 Å². The Bertz CT molecular complexity index is 658. The number of rotatable bonds is 1. The van der Waals surface area contributed by atoms with Gasteiger partial charge in [0.1, 0.15) is 0 Å². The summed E-state index contributed by atoms with van der Waals surface area (Å²) >= 11 is 0. The standard InChI is InChI=1S/C12H14N2O2S/c1-12(2,3)17(15,16)11-13-8-9-6-4-5-7-10(9)14-11/h4-8H,1-3H3. The second-order valence-corrected chi connectivity index (χ2v) is 7.42. The van der Waals surface area contributed by atoms with Gasteiger partial charge in [-0.05, 0) is 26.8 Å². The van der Waals surface area contributed by atoms with E-state index in [0.717, 1.165) is 5.39 Å². The summed E-state index contributed by atoms with van der Waals surface area (Å²) in [6.45, 7) is 4.92. The zero-order chi connectivity index (χ0) is 12.7. The van der Waals surface area contributed by atoms with Crippen molar-refractivity contribution < 1.29 is 8.42 Å². The van der Waals surface area contributed by atoms with Gasteiger partial charge in [0, 0.05) is 11.6 Å². The minimum atomic E-state index is -3.49. The minimum Gasteiger partial charge on any atom is -0.226 e. The number of sulfone groups is 1. The topological polar surface area (TPSA) is 59.9 Å². The molecule has 1 aromatic heterocycles. The maximum Gasteiger partial charge on any atom is 0.248 e. The normalized spacial score (nSPS) is 12.9. The third-order valence-electron chi connectivity index (χ3n) is 2.51. The van der Waals surface area contributed by atoms with E-state index in [1.54, 1.807) is 33.0 Å². The highest BCUT2D eigenvalue weighted by molar-refractivity contribution is 7.92. The number of aromatic nitrogens is 2. The van der Waals surface area contributed by atoms with Crippen LogP contribution in [0.3, 0.4) is 0 Å². The van der Waals surface area contributed by atoms with Crippen LogP contribution < -0.4 is 0 Å². The quantitative estimate of drug-likeness (QED) is 0.728. The van der Waals surface area contributed by atoms with Crippen molar-refractivity contribution in [3.63, 3.8) is 0 Å². The molecular weight excluding hydrogens is 236 g/mol. The summed E-state index contributed by atoms with van der Waals surface area (Å²) in [5.41, 5.74) is 0.644. The molecule has 0 bridgehead atoms. The molecule has 90 valence electrons. The maximum atomic E-state index is 12.2. The lowest BCUT2D eigenvalue weighted by Gasteiger charge is -2.17. The Morgan fingerprint density at radius 1 is 1.12 bits per heavy atom. The largest absolute Gasteiger partial charge is 0.248 e. The predicted molar refractivity (Wildman–Crippen MR) is 66.5 cm³/mol. The molecular formula is C12H14N2O2S. The van der Waals surface area contributed by atoms with E-state index in [1.165, 1.54) is 0 Å². The molecule has 0 amide bonds. The third kappa shape index (κ3) is 2.02. The highest BCUT2D eigenvalue weighted by atomic mass is 32.2. The van der Waals surface area contributed by atoms with Crippen molar-refractivity contribution in [3.8, 4) is 0 Å². The molecule has 17 heavy (non-hydrogen) atoms. The molecule has 0 spiro atoms. The van der Waals surface area contributed by atoms with Crippen LogP contribution in [-0.2, 0) is 9.84 Å². The van der Waals surface area contributed by atoms with Gasteiger partial charge in [-0.2, -0.15) is 0 Å². The molecule has 0 aliphatic heterocycles. The van der Waals surface area contributed by atoms with Crippen molar-refractivity contribution in [2.24, 2.45) is 0 Å². The molecule has 0 radical (unpaired) electrons. The number of benzene rings is 1. The molecule has 2 aromatic rings. The van der Waals surface area contributed by atoms with Crippen LogP contribution in [0.15, 0.2) is 35.6 Å². The molecule has 2 rings (SSSR count). The Morgan fingerprint density at radius 3 is 2.41 bits per heavy atom. The Kier molecular flexibility index (Phi) is 2.66. The second-order valence-electron chi connectivity index (χ2n) is 4.83. The van der Waals surface area contributed by atoms with Crippen LogP contribution in [-0.4, -0.2) is 23.1 Å². The summed E-state index contributed by atoms with van der Waals surface area (Å²) in [7, 11) is -3.49. The zero-order valence-electron chi connectivity index (χ0n) is 10.0. The van der Waals surface area contributed by atoms with Crippen molar-refractivity contribution in [2.75, 3.05) is 0 Å². The van der Waals surface area contributed by atoms with Crippen LogP contribution in [0.2, 0.25) is 0 Å². The van der Waals surface area contributed by atoms with Gasteiger partial charge in [-0.3, -0.25) is 0 Å². The van der Waals surface area contributed by atoms with Gasteiger partial charge in [0.15, 0.2) is 0 Å². The van der Waals surface area contributed by atoms with Crippen molar-refractivity contribution in [1.29, 1.82) is 0 Å². The SMILES string of the molecule is CC(C)(C)S(=O)(=O)c1ncc2ccccc2n1. The van der Waals surface area contributed by atoms with E-state index >= 15 is 0 Å². The lowest BCUT2D eigenvalue weighted by atomic mass is 10.2. The van der Waals surface area contributed by atoms with E-state index in [2.05, 4.69) is 9.97 Å². The summed E-state index contributed by atoms with van der Waals surface area (Å²) in [4.78, 5) is 8.06. The van der Waals surface area contributed by atoms with Crippen molar-refractivity contribution in [1.82, 2.24) is 9.97 Å². The van der Waals surface area contributed by atoms with Crippen LogP contribution in [0.4, 0.5) is 0 Å². The monoisotopic (exact) mass is 250 g/mol. The minimum absolute atomic E-state index is 0.108. The molecule has 1 heterocycles. The number of hydrogen-bond donors (Lipinski definition) is 0. The Labute approximate surface area is 101 Å². The van der Waals surface area contributed by atoms with Gasteiger partial charge in [0.2, 0.25) is 15.0 Å². The van der Waals surface area contributed by atoms with E-state index in [1.807, 2.05) is 18.2 Å². The first kappa shape index (κ1) is 12.0. The number of fused-ring (bicyclic) bond motifs is 1. The number of nitrogens with zero attached hydrogens (tertiary/aromatic N) is 2. The van der Waals surface area contributed by atoms with E-state index < -0.39 is 14.6 Å². The lowest BCUT2D eigenvalue weighted by Crippen LogP contribution is -2.29. The Morgan fingerprint density at radius 2 is 1.76 bits per heavy atom. The highest BCUT2D eigenvalue weighted by Gasteiger charge is 2.33. The van der Waals surface area contributed by atoms with Gasteiger partial charge >= 0.3 is 0 Å². The fraction of sp³-hybridized carbons (Fsp3) is 0.333. The van der Waals surface area contributed by atoms with Crippen molar-refractivity contribution >= 4 is 20.7 Å². The zero-order valence-corrected chi connectivity index (χ0v) is 10.8. The highest BCUT2D eigenvalue weighted by Crippen LogP contribution is 2.23. The van der Waals surface area contributed by atoms with Crippen LogP contribution >= 0.6 is 0 Å². The second kappa shape index (κ2) is 3.77. The predicted octanol–water partition coefficient (Wildman–Crippen LogP) is 2.20. The molecule has 0 saturated heterocycles. The molecule has 4 nitrogen and oxygen atoms in total. The molecule has 0 aliphatic rings. The Hall–Kier alpha value is -1.49. The summed E-state index contributed by atoms with van der Waals surface area (Å²) < 4.78 is 23.5. The molecule has 0 atom stereocenters. The van der Waals surface area contributed by atoms with Crippen molar-refractivity contribution in [2.45, 2.75) is 30.7 Å². The molecule has 0 unspecified atom stereocenters. The average molecular weight is 250 g/mol. The fourth-order valence-electron chi connectivity index (χ4n) is 1.36. The van der Waals surface area contributed by atoms with Crippen LogP contribution in [0.1, 0.15) is 20.8 Å². The van der Waals surface area contributed by atoms with E-state index in [-0.39, 0.29) is 5.16 Å². The summed E-state index contributed by atoms with van der Waals surface area (Å²) in [6.07, 6.45) is 1.54. The first-order valence-electron chi connectivity index (χ1n) is 5.29. The summed E-state index contributed by atoms with van der Waals surface area (Å²) in [6, 6.07) is 7.31. The molecule has 0 fully saturated rings. The maximum absolute atomic E-state index is 12.2. The van der Waals surface area contributed by atoms with Gasteiger partial charge in [-0.1, -0.05) is 18.2 Å². The van der Waals surface area contributed by atoms with Gasteiger partial charge in [0.05, 0.1) is 10.3 Å². The molecule has 1 aromatic carbocycles. The Balaban J connectivity index is 2.66. The van der Waals surface area contributed by atoms with Gasteiger partial charge in [0.25, 0.3) is 0 Å². The third-order valence-corrected chi connectivity index (χ3v) is 4.80. The number of hydrogen-bond acceptors (Lipinski definition) is 4. The molecule has 0 aliphatic carbocycles. The molecule has 0 N–H and O–H groups in total.